The predicted molar refractivity (Wildman–Crippen MR) is 164 cm³/mol. The Balaban J connectivity index is 0.942. The number of hydrogen-bond acceptors (Lipinski definition) is 6. The minimum atomic E-state index is -3.47. The summed E-state index contributed by atoms with van der Waals surface area (Å²) in [6.07, 6.45) is 8.29. The number of para-hydroxylation sites is 1. The van der Waals surface area contributed by atoms with Gasteiger partial charge in [-0.25, -0.2) is 13.1 Å². The molecule has 0 atom stereocenters. The van der Waals surface area contributed by atoms with E-state index in [4.69, 9.17) is 4.74 Å². The molecule has 9 nitrogen and oxygen atoms in total. The van der Waals surface area contributed by atoms with Gasteiger partial charge in [-0.15, -0.1) is 0 Å². The number of carbonyl (C=O) groups is 2. The minimum absolute atomic E-state index is 0.00391. The van der Waals surface area contributed by atoms with Crippen molar-refractivity contribution in [2.24, 2.45) is 23.2 Å². The monoisotopic (exact) mass is 608 g/mol. The van der Waals surface area contributed by atoms with E-state index in [-0.39, 0.29) is 28.7 Å². The highest BCUT2D eigenvalue weighted by Gasteiger charge is 2.51. The highest BCUT2D eigenvalue weighted by molar-refractivity contribution is 7.89. The Morgan fingerprint density at radius 1 is 0.907 bits per heavy atom. The lowest BCUT2D eigenvalue weighted by Gasteiger charge is -2.56. The Hall–Kier alpha value is -2.95. The molecule has 1 saturated heterocycles. The number of nitrogens with zero attached hydrogens (tertiary/aromatic N) is 2. The summed E-state index contributed by atoms with van der Waals surface area (Å²) in [5.41, 5.74) is 2.13. The van der Waals surface area contributed by atoms with E-state index in [0.29, 0.717) is 32.7 Å². The van der Waals surface area contributed by atoms with E-state index in [1.54, 1.807) is 24.3 Å². The average Bonchev–Trinajstić information content (AvgIpc) is 2.99. The van der Waals surface area contributed by atoms with Crippen molar-refractivity contribution in [3.8, 4) is 5.75 Å². The van der Waals surface area contributed by atoms with Gasteiger partial charge in [0.25, 0.3) is 0 Å². The molecular weight excluding hydrogens is 564 g/mol. The molecule has 10 heteroatoms. The molecule has 5 fully saturated rings. The number of sulfonamides is 1. The van der Waals surface area contributed by atoms with Gasteiger partial charge in [0.1, 0.15) is 12.4 Å². The smallest absolute Gasteiger partial charge is 0.242 e. The first-order valence-electron chi connectivity index (χ1n) is 15.7. The van der Waals surface area contributed by atoms with E-state index >= 15 is 0 Å². The molecule has 0 unspecified atom stereocenters. The van der Waals surface area contributed by atoms with Crippen molar-refractivity contribution < 1.29 is 22.7 Å². The van der Waals surface area contributed by atoms with Crippen LogP contribution in [0.25, 0.3) is 0 Å². The van der Waals surface area contributed by atoms with Crippen LogP contribution in [0.2, 0.25) is 0 Å². The van der Waals surface area contributed by atoms with Crippen molar-refractivity contribution in [1.82, 2.24) is 19.8 Å². The molecule has 4 saturated carbocycles. The first-order chi connectivity index (χ1) is 20.7. The van der Waals surface area contributed by atoms with Gasteiger partial charge in [-0.05, 0) is 92.5 Å². The molecule has 4 aliphatic carbocycles. The van der Waals surface area contributed by atoms with Crippen LogP contribution in [-0.2, 0) is 32.8 Å². The minimum Gasteiger partial charge on any atom is -0.489 e. The number of nitrogens with one attached hydrogen (secondary N) is 2. The zero-order valence-corrected chi connectivity index (χ0v) is 25.9. The van der Waals surface area contributed by atoms with Gasteiger partial charge in [-0.2, -0.15) is 0 Å². The van der Waals surface area contributed by atoms with Crippen LogP contribution in [0.3, 0.4) is 0 Å². The van der Waals surface area contributed by atoms with E-state index in [1.165, 1.54) is 45.6 Å². The quantitative estimate of drug-likeness (QED) is 0.404. The van der Waals surface area contributed by atoms with Crippen molar-refractivity contribution in [2.75, 3.05) is 39.8 Å². The SMILES string of the molecule is CNS(=O)(=O)c1ccc(COc2ccccc2CN2CCN(C(=O)CNC(=O)CC34CC5CC(CC(C5)C3)C4)CC2)cc1. The molecule has 2 N–H and O–H groups in total. The summed E-state index contributed by atoms with van der Waals surface area (Å²) in [5.74, 6) is 3.29. The van der Waals surface area contributed by atoms with Crippen LogP contribution in [-0.4, -0.2) is 69.8 Å². The zero-order valence-electron chi connectivity index (χ0n) is 25.1. The molecular formula is C33H44N4O5S. The van der Waals surface area contributed by atoms with Gasteiger partial charge >= 0.3 is 0 Å². The Morgan fingerprint density at radius 3 is 2.16 bits per heavy atom. The first kappa shape index (κ1) is 30.1. The summed E-state index contributed by atoms with van der Waals surface area (Å²) < 4.78 is 32.4. The third kappa shape index (κ3) is 7.07. The third-order valence-corrected chi connectivity index (χ3v) is 11.6. The summed E-state index contributed by atoms with van der Waals surface area (Å²) in [6.45, 7) is 3.89. The number of carbonyl (C=O) groups excluding carboxylic acids is 2. The van der Waals surface area contributed by atoms with Gasteiger partial charge in [0.2, 0.25) is 21.8 Å². The van der Waals surface area contributed by atoms with Crippen LogP contribution >= 0.6 is 0 Å². The topological polar surface area (TPSA) is 108 Å². The second kappa shape index (κ2) is 12.6. The zero-order chi connectivity index (χ0) is 30.0. The third-order valence-electron chi connectivity index (χ3n) is 10.1. The lowest BCUT2D eigenvalue weighted by molar-refractivity contribution is -0.136. The molecule has 0 radical (unpaired) electrons. The number of piperazine rings is 1. The number of ether oxygens (including phenoxy) is 1. The van der Waals surface area contributed by atoms with Crippen LogP contribution in [0.15, 0.2) is 53.4 Å². The normalized spacial score (nSPS) is 26.8. The largest absolute Gasteiger partial charge is 0.489 e. The number of hydrogen-bond donors (Lipinski definition) is 2. The van der Waals surface area contributed by atoms with Crippen LogP contribution in [0.1, 0.15) is 56.1 Å². The number of benzene rings is 2. The van der Waals surface area contributed by atoms with E-state index in [1.807, 2.05) is 23.1 Å². The number of amides is 2. The summed E-state index contributed by atoms with van der Waals surface area (Å²) in [7, 11) is -2.08. The molecule has 1 aliphatic heterocycles. The maximum Gasteiger partial charge on any atom is 0.242 e. The lowest BCUT2D eigenvalue weighted by Crippen LogP contribution is -2.51. The van der Waals surface area contributed by atoms with Gasteiger partial charge < -0.3 is 15.0 Å². The molecule has 2 aromatic rings. The second-order valence-electron chi connectivity index (χ2n) is 13.3. The maximum absolute atomic E-state index is 12.9. The molecule has 4 bridgehead atoms. The van der Waals surface area contributed by atoms with Crippen molar-refractivity contribution >= 4 is 21.8 Å². The second-order valence-corrected chi connectivity index (χ2v) is 15.2. The molecule has 232 valence electrons. The van der Waals surface area contributed by atoms with Gasteiger partial charge in [0, 0.05) is 44.7 Å². The Labute approximate surface area is 255 Å². The molecule has 0 aromatic heterocycles. The average molecular weight is 609 g/mol. The molecule has 2 amide bonds. The molecule has 5 aliphatic rings. The van der Waals surface area contributed by atoms with Crippen molar-refractivity contribution in [2.45, 2.75) is 63.0 Å². The van der Waals surface area contributed by atoms with Crippen molar-refractivity contribution in [1.29, 1.82) is 0 Å². The van der Waals surface area contributed by atoms with Gasteiger partial charge in [0.15, 0.2) is 0 Å². The van der Waals surface area contributed by atoms with Crippen LogP contribution in [0.5, 0.6) is 5.75 Å². The van der Waals surface area contributed by atoms with Crippen LogP contribution in [0, 0.1) is 23.2 Å². The molecule has 2 aromatic carbocycles. The van der Waals surface area contributed by atoms with Crippen molar-refractivity contribution in [3.05, 3.63) is 59.7 Å². The molecule has 0 spiro atoms. The lowest BCUT2D eigenvalue weighted by atomic mass is 9.49. The van der Waals surface area contributed by atoms with Crippen molar-refractivity contribution in [3.63, 3.8) is 0 Å². The number of rotatable bonds is 11. The van der Waals surface area contributed by atoms with Gasteiger partial charge in [-0.1, -0.05) is 30.3 Å². The fraction of sp³-hybridized carbons (Fsp3) is 0.576. The molecule has 43 heavy (non-hydrogen) atoms. The van der Waals surface area contributed by atoms with Gasteiger partial charge in [0.05, 0.1) is 11.4 Å². The summed E-state index contributed by atoms with van der Waals surface area (Å²) in [4.78, 5) is 30.2. The van der Waals surface area contributed by atoms with Crippen LogP contribution < -0.4 is 14.8 Å². The van der Waals surface area contributed by atoms with Crippen LogP contribution in [0.4, 0.5) is 0 Å². The highest BCUT2D eigenvalue weighted by Crippen LogP contribution is 2.61. The maximum atomic E-state index is 12.9. The fourth-order valence-corrected chi connectivity index (χ4v) is 9.14. The van der Waals surface area contributed by atoms with E-state index in [9.17, 15) is 18.0 Å². The first-order valence-corrected chi connectivity index (χ1v) is 17.2. The Bertz CT molecular complexity index is 1380. The summed E-state index contributed by atoms with van der Waals surface area (Å²) in [5, 5.41) is 2.96. The fourth-order valence-electron chi connectivity index (χ4n) is 8.41. The molecule has 1 heterocycles. The molecule has 7 rings (SSSR count). The highest BCUT2D eigenvalue weighted by atomic mass is 32.2. The van der Waals surface area contributed by atoms with E-state index in [0.717, 1.165) is 47.7 Å². The summed E-state index contributed by atoms with van der Waals surface area (Å²) >= 11 is 0. The standard InChI is InChI=1S/C33H44N4O5S/c1-34-43(40,41)29-8-6-24(7-9-29)23-42-30-5-3-2-4-28(30)22-36-10-12-37(13-11-36)32(39)21-35-31(38)20-33-17-25-14-26(18-33)16-27(15-25)19-33/h2-9,25-27,34H,10-23H2,1H3,(H,35,38). The predicted octanol–water partition coefficient (Wildman–Crippen LogP) is 3.54. The van der Waals surface area contributed by atoms with E-state index < -0.39 is 10.0 Å². The van der Waals surface area contributed by atoms with Gasteiger partial charge in [-0.3, -0.25) is 14.5 Å². The summed E-state index contributed by atoms with van der Waals surface area (Å²) in [6, 6.07) is 14.6. The van der Waals surface area contributed by atoms with E-state index in [2.05, 4.69) is 21.0 Å². The Morgan fingerprint density at radius 2 is 1.53 bits per heavy atom. The Kier molecular flexibility index (Phi) is 8.80.